The van der Waals surface area contributed by atoms with E-state index in [9.17, 15) is 4.79 Å². The van der Waals surface area contributed by atoms with Gasteiger partial charge in [-0.15, -0.1) is 0 Å². The number of aromatic nitrogens is 1. The van der Waals surface area contributed by atoms with E-state index in [2.05, 4.69) is 20.5 Å². The molecule has 6 nitrogen and oxygen atoms in total. The summed E-state index contributed by atoms with van der Waals surface area (Å²) in [4.78, 5) is 19.4. The fourth-order valence-corrected chi connectivity index (χ4v) is 3.83. The van der Waals surface area contributed by atoms with Gasteiger partial charge in [0.2, 0.25) is 0 Å². The summed E-state index contributed by atoms with van der Waals surface area (Å²) < 4.78 is 0. The predicted molar refractivity (Wildman–Crippen MR) is 76.5 cm³/mol. The Morgan fingerprint density at radius 2 is 2.32 bits per heavy atom. The van der Waals surface area contributed by atoms with E-state index < -0.39 is 0 Å². The van der Waals surface area contributed by atoms with Crippen molar-refractivity contribution in [1.29, 1.82) is 0 Å². The van der Waals surface area contributed by atoms with E-state index >= 15 is 0 Å². The molecule has 1 aromatic heterocycles. The Bertz CT molecular complexity index is 488. The average Bonchev–Trinajstić information content (AvgIpc) is 3.06. The average molecular weight is 281 g/mol. The van der Waals surface area contributed by atoms with Crippen molar-refractivity contribution < 1.29 is 4.79 Å². The summed E-state index contributed by atoms with van der Waals surface area (Å²) in [6, 6.07) is 0.774. The predicted octanol–water partition coefficient (Wildman–Crippen LogP) is 0.734. The summed E-state index contributed by atoms with van der Waals surface area (Å²) in [5.41, 5.74) is 5.79. The number of hydrogen-bond acceptors (Lipinski definition) is 6. The Balaban J connectivity index is 1.69. The number of rotatable bonds is 3. The van der Waals surface area contributed by atoms with E-state index in [1.54, 1.807) is 7.05 Å². The highest BCUT2D eigenvalue weighted by molar-refractivity contribution is 7.18. The van der Waals surface area contributed by atoms with Crippen molar-refractivity contribution in [3.8, 4) is 0 Å². The zero-order chi connectivity index (χ0) is 13.4. The Morgan fingerprint density at radius 1 is 1.47 bits per heavy atom. The van der Waals surface area contributed by atoms with Gasteiger partial charge < -0.3 is 16.4 Å². The number of hydrogen-bond donors (Lipinski definition) is 3. The number of carbonyl (C=O) groups is 1. The molecular weight excluding hydrogens is 262 g/mol. The van der Waals surface area contributed by atoms with Gasteiger partial charge in [0.1, 0.15) is 10.7 Å². The number of carbonyl (C=O) groups excluding carboxylic acids is 1. The molecule has 4 N–H and O–H groups in total. The smallest absolute Gasteiger partial charge is 0.265 e. The van der Waals surface area contributed by atoms with Crippen molar-refractivity contribution >= 4 is 28.2 Å². The lowest BCUT2D eigenvalue weighted by molar-refractivity contribution is 0.0934. The minimum absolute atomic E-state index is 0.0877. The fraction of sp³-hybridized carbons (Fsp3) is 0.667. The maximum Gasteiger partial charge on any atom is 0.265 e. The van der Waals surface area contributed by atoms with E-state index in [0.717, 1.165) is 13.0 Å². The molecule has 3 rings (SSSR count). The molecule has 2 atom stereocenters. The molecule has 2 fully saturated rings. The number of nitrogens with zero attached hydrogens (tertiary/aromatic N) is 2. The molecule has 0 aromatic carbocycles. The molecule has 104 valence electrons. The van der Waals surface area contributed by atoms with E-state index in [0.29, 0.717) is 21.9 Å². The molecule has 1 amide bonds. The Hall–Kier alpha value is -1.34. The minimum Gasteiger partial charge on any atom is -0.382 e. The number of thiazole rings is 1. The first kappa shape index (κ1) is 12.7. The van der Waals surface area contributed by atoms with Gasteiger partial charge in [0, 0.05) is 25.7 Å². The quantitative estimate of drug-likeness (QED) is 0.761. The van der Waals surface area contributed by atoms with Gasteiger partial charge in [-0.25, -0.2) is 4.98 Å². The minimum atomic E-state index is -0.0877. The van der Waals surface area contributed by atoms with Gasteiger partial charge in [-0.3, -0.25) is 9.69 Å². The van der Waals surface area contributed by atoms with Gasteiger partial charge in [0.05, 0.1) is 0 Å². The van der Waals surface area contributed by atoms with Gasteiger partial charge in [-0.1, -0.05) is 11.3 Å². The molecule has 0 bridgehead atoms. The number of amides is 1. The molecule has 7 heteroatoms. The van der Waals surface area contributed by atoms with Crippen LogP contribution in [0, 0.1) is 0 Å². The Kier molecular flexibility index (Phi) is 3.32. The molecule has 0 radical (unpaired) electrons. The Labute approximate surface area is 116 Å². The van der Waals surface area contributed by atoms with Crippen LogP contribution in [0.15, 0.2) is 0 Å². The first-order valence-corrected chi connectivity index (χ1v) is 7.49. The summed E-state index contributed by atoms with van der Waals surface area (Å²) in [5.74, 6) is 0.225. The second-order valence-electron chi connectivity index (χ2n) is 5.10. The SMILES string of the molecule is CNc1nc(N)c(C(=O)NC2CCN3CCCC23)s1. The number of fused-ring (bicyclic) bond motifs is 1. The summed E-state index contributed by atoms with van der Waals surface area (Å²) >= 11 is 1.30. The van der Waals surface area contributed by atoms with Gasteiger partial charge in [-0.05, 0) is 25.8 Å². The van der Waals surface area contributed by atoms with Crippen molar-refractivity contribution in [2.45, 2.75) is 31.3 Å². The van der Waals surface area contributed by atoms with Gasteiger partial charge in [0.25, 0.3) is 5.91 Å². The van der Waals surface area contributed by atoms with Crippen molar-refractivity contribution in [3.05, 3.63) is 4.88 Å². The van der Waals surface area contributed by atoms with Crippen LogP contribution in [-0.4, -0.2) is 48.0 Å². The third-order valence-electron chi connectivity index (χ3n) is 4.00. The van der Waals surface area contributed by atoms with Gasteiger partial charge >= 0.3 is 0 Å². The van der Waals surface area contributed by atoms with Gasteiger partial charge in [-0.2, -0.15) is 0 Å². The standard InChI is InChI=1S/C12H19N5OS/c1-14-12-16-10(13)9(19-12)11(18)15-7-4-6-17-5-2-3-8(7)17/h7-8H,2-6,13H2,1H3,(H,14,16)(H,15,18). The Morgan fingerprint density at radius 3 is 3.05 bits per heavy atom. The van der Waals surface area contributed by atoms with Crippen LogP contribution in [0.1, 0.15) is 28.9 Å². The second-order valence-corrected chi connectivity index (χ2v) is 6.10. The molecule has 2 saturated heterocycles. The van der Waals surface area contributed by atoms with Crippen LogP contribution in [-0.2, 0) is 0 Å². The molecule has 3 heterocycles. The fourth-order valence-electron chi connectivity index (χ4n) is 3.09. The van der Waals surface area contributed by atoms with E-state index in [-0.39, 0.29) is 11.9 Å². The van der Waals surface area contributed by atoms with Crippen LogP contribution in [0.2, 0.25) is 0 Å². The highest BCUT2D eigenvalue weighted by atomic mass is 32.1. The lowest BCUT2D eigenvalue weighted by Crippen LogP contribution is -2.42. The number of nitrogen functional groups attached to an aromatic ring is 1. The van der Waals surface area contributed by atoms with Crippen LogP contribution >= 0.6 is 11.3 Å². The molecule has 0 spiro atoms. The summed E-state index contributed by atoms with van der Waals surface area (Å²) in [5, 5.41) is 6.72. The number of nitrogens with two attached hydrogens (primary N) is 1. The summed E-state index contributed by atoms with van der Waals surface area (Å²) in [7, 11) is 1.77. The van der Waals surface area contributed by atoms with Crippen molar-refractivity contribution in [3.63, 3.8) is 0 Å². The zero-order valence-corrected chi connectivity index (χ0v) is 11.8. The number of anilines is 2. The van der Waals surface area contributed by atoms with Crippen molar-refractivity contribution in [2.24, 2.45) is 0 Å². The maximum atomic E-state index is 12.3. The van der Waals surface area contributed by atoms with Crippen molar-refractivity contribution in [2.75, 3.05) is 31.2 Å². The summed E-state index contributed by atoms with van der Waals surface area (Å²) in [6.07, 6.45) is 3.46. The first-order chi connectivity index (χ1) is 9.19. The first-order valence-electron chi connectivity index (χ1n) is 6.68. The maximum absolute atomic E-state index is 12.3. The largest absolute Gasteiger partial charge is 0.382 e. The molecule has 2 aliphatic rings. The highest BCUT2D eigenvalue weighted by Crippen LogP contribution is 2.29. The monoisotopic (exact) mass is 281 g/mol. The molecular formula is C12H19N5OS. The van der Waals surface area contributed by atoms with Crippen LogP contribution < -0.4 is 16.4 Å². The van der Waals surface area contributed by atoms with Crippen molar-refractivity contribution in [1.82, 2.24) is 15.2 Å². The van der Waals surface area contributed by atoms with Crippen LogP contribution in [0.3, 0.4) is 0 Å². The van der Waals surface area contributed by atoms with E-state index in [1.165, 1.54) is 30.7 Å². The molecule has 0 saturated carbocycles. The van der Waals surface area contributed by atoms with E-state index in [1.807, 2.05) is 0 Å². The zero-order valence-electron chi connectivity index (χ0n) is 11.0. The van der Waals surface area contributed by atoms with E-state index in [4.69, 9.17) is 5.73 Å². The lowest BCUT2D eigenvalue weighted by atomic mass is 10.1. The second kappa shape index (κ2) is 4.97. The molecule has 2 aliphatic heterocycles. The van der Waals surface area contributed by atoms with Crippen LogP contribution in [0.4, 0.5) is 10.9 Å². The number of nitrogens with one attached hydrogen (secondary N) is 2. The molecule has 0 aliphatic carbocycles. The molecule has 19 heavy (non-hydrogen) atoms. The third-order valence-corrected chi connectivity index (χ3v) is 5.08. The van der Waals surface area contributed by atoms with Gasteiger partial charge in [0.15, 0.2) is 5.13 Å². The normalized spacial score (nSPS) is 26.4. The lowest BCUT2D eigenvalue weighted by Gasteiger charge is -2.20. The highest BCUT2D eigenvalue weighted by Gasteiger charge is 2.38. The topological polar surface area (TPSA) is 83.3 Å². The van der Waals surface area contributed by atoms with Crippen LogP contribution in [0.25, 0.3) is 0 Å². The molecule has 1 aromatic rings. The van der Waals surface area contributed by atoms with Crippen LogP contribution in [0.5, 0.6) is 0 Å². The molecule has 2 unspecified atom stereocenters. The summed E-state index contributed by atoms with van der Waals surface area (Å²) in [6.45, 7) is 2.26. The third kappa shape index (κ3) is 2.28.